The molecule has 2 aromatic heterocycles. The number of thiophene rings is 1. The van der Waals surface area contributed by atoms with Crippen LogP contribution in [0.15, 0.2) is 48.3 Å². The lowest BCUT2D eigenvalue weighted by Crippen LogP contribution is -2.34. The summed E-state index contributed by atoms with van der Waals surface area (Å²) >= 11 is 1.34. The van der Waals surface area contributed by atoms with Gasteiger partial charge in [0.2, 0.25) is 0 Å². The molecule has 7 nitrogen and oxygen atoms in total. The first-order valence-electron chi connectivity index (χ1n) is 13.1. The van der Waals surface area contributed by atoms with Crippen LogP contribution in [0.1, 0.15) is 71.5 Å². The number of anilines is 1. The molecule has 194 valence electrons. The van der Waals surface area contributed by atoms with E-state index >= 15 is 0 Å². The number of rotatable bonds is 7. The van der Waals surface area contributed by atoms with Gasteiger partial charge in [0, 0.05) is 35.4 Å². The zero-order valence-electron chi connectivity index (χ0n) is 21.4. The molecule has 0 atom stereocenters. The van der Waals surface area contributed by atoms with E-state index in [2.05, 4.69) is 40.3 Å². The SMILES string of the molecule is CCN1CCC(c2cc(-c3ccc(NC(=O)c4cn[nH]c4)cc3)sc2C(=O)O)=C(C2CCC(C)CC2)C1. The molecule has 5 rings (SSSR count). The van der Waals surface area contributed by atoms with Crippen molar-refractivity contribution in [3.8, 4) is 10.4 Å². The van der Waals surface area contributed by atoms with Crippen LogP contribution in [-0.4, -0.2) is 51.7 Å². The van der Waals surface area contributed by atoms with Gasteiger partial charge in [0.1, 0.15) is 4.88 Å². The van der Waals surface area contributed by atoms with Crippen molar-refractivity contribution in [3.05, 3.63) is 64.3 Å². The lowest BCUT2D eigenvalue weighted by molar-refractivity contribution is 0.0701. The Labute approximate surface area is 221 Å². The second-order valence-corrected chi connectivity index (χ2v) is 11.3. The first-order valence-corrected chi connectivity index (χ1v) is 14.0. The molecule has 37 heavy (non-hydrogen) atoms. The van der Waals surface area contributed by atoms with Gasteiger partial charge in [-0.2, -0.15) is 5.10 Å². The third-order valence-corrected chi connectivity index (χ3v) is 9.03. The average molecular weight is 519 g/mol. The van der Waals surface area contributed by atoms with Crippen molar-refractivity contribution in [3.63, 3.8) is 0 Å². The molecule has 1 amide bonds. The number of nitrogens with one attached hydrogen (secondary N) is 2. The molecule has 0 radical (unpaired) electrons. The molecule has 1 aromatic carbocycles. The molecule has 1 saturated carbocycles. The number of nitrogens with zero attached hydrogens (tertiary/aromatic N) is 2. The minimum absolute atomic E-state index is 0.233. The van der Waals surface area contributed by atoms with Gasteiger partial charge in [-0.05, 0) is 72.6 Å². The second-order valence-electron chi connectivity index (χ2n) is 10.3. The number of hydrogen-bond acceptors (Lipinski definition) is 5. The van der Waals surface area contributed by atoms with Crippen molar-refractivity contribution in [2.75, 3.05) is 25.0 Å². The number of carboxylic acids is 1. The second kappa shape index (κ2) is 11.0. The van der Waals surface area contributed by atoms with Gasteiger partial charge in [-0.15, -0.1) is 11.3 Å². The first kappa shape index (κ1) is 25.4. The lowest BCUT2D eigenvalue weighted by Gasteiger charge is -2.36. The highest BCUT2D eigenvalue weighted by Crippen LogP contribution is 2.43. The summed E-state index contributed by atoms with van der Waals surface area (Å²) in [5, 5.41) is 19.5. The summed E-state index contributed by atoms with van der Waals surface area (Å²) in [5.74, 6) is 0.227. The van der Waals surface area contributed by atoms with Crippen LogP contribution in [0.2, 0.25) is 0 Å². The monoisotopic (exact) mass is 518 g/mol. The van der Waals surface area contributed by atoms with E-state index in [0.717, 1.165) is 48.0 Å². The number of amides is 1. The number of aromatic amines is 1. The van der Waals surface area contributed by atoms with Crippen molar-refractivity contribution < 1.29 is 14.7 Å². The average Bonchev–Trinajstić information content (AvgIpc) is 3.60. The van der Waals surface area contributed by atoms with Gasteiger partial charge in [0.05, 0.1) is 11.8 Å². The number of hydrogen-bond donors (Lipinski definition) is 3. The molecule has 0 spiro atoms. The Kier molecular flexibility index (Phi) is 7.58. The van der Waals surface area contributed by atoms with Gasteiger partial charge < -0.3 is 10.4 Å². The van der Waals surface area contributed by atoms with E-state index in [1.807, 2.05) is 24.3 Å². The number of aromatic nitrogens is 2. The number of carbonyl (C=O) groups is 2. The highest BCUT2D eigenvalue weighted by Gasteiger charge is 2.30. The minimum Gasteiger partial charge on any atom is -0.477 e. The highest BCUT2D eigenvalue weighted by atomic mass is 32.1. The van der Waals surface area contributed by atoms with Crippen LogP contribution < -0.4 is 5.32 Å². The van der Waals surface area contributed by atoms with Crippen LogP contribution >= 0.6 is 11.3 Å². The molecule has 0 saturated heterocycles. The summed E-state index contributed by atoms with van der Waals surface area (Å²) in [5.41, 5.74) is 5.70. The molecule has 1 aliphatic carbocycles. The van der Waals surface area contributed by atoms with E-state index in [1.165, 1.54) is 54.4 Å². The fraction of sp³-hybridized carbons (Fsp3) is 0.414. The predicted molar refractivity (Wildman–Crippen MR) is 148 cm³/mol. The number of benzene rings is 1. The number of aromatic carboxylic acids is 1. The van der Waals surface area contributed by atoms with Crippen LogP contribution in [0.4, 0.5) is 5.69 Å². The van der Waals surface area contributed by atoms with Crippen LogP contribution in [0.3, 0.4) is 0 Å². The van der Waals surface area contributed by atoms with E-state index < -0.39 is 5.97 Å². The minimum atomic E-state index is -0.864. The molecule has 0 bridgehead atoms. The number of likely N-dealkylation sites (N-methyl/N-ethyl adjacent to an activating group) is 1. The fourth-order valence-electron chi connectivity index (χ4n) is 5.62. The largest absolute Gasteiger partial charge is 0.477 e. The Balaban J connectivity index is 1.45. The molecule has 3 N–H and O–H groups in total. The van der Waals surface area contributed by atoms with E-state index in [-0.39, 0.29) is 5.91 Å². The normalized spacial score (nSPS) is 20.7. The third kappa shape index (κ3) is 5.55. The number of carboxylic acid groups (broad SMARTS) is 1. The van der Waals surface area contributed by atoms with Crippen LogP contribution in [-0.2, 0) is 0 Å². The van der Waals surface area contributed by atoms with Gasteiger partial charge >= 0.3 is 5.97 Å². The molecule has 1 aliphatic heterocycles. The predicted octanol–water partition coefficient (Wildman–Crippen LogP) is 6.39. The van der Waals surface area contributed by atoms with Gasteiger partial charge in [-0.1, -0.05) is 38.8 Å². The quantitative estimate of drug-likeness (QED) is 0.336. The summed E-state index contributed by atoms with van der Waals surface area (Å²) in [6.45, 7) is 7.47. The molecular formula is C29H34N4O3S. The van der Waals surface area contributed by atoms with Crippen LogP contribution in [0.25, 0.3) is 16.0 Å². The molecular weight excluding hydrogens is 484 g/mol. The summed E-state index contributed by atoms with van der Waals surface area (Å²) < 4.78 is 0. The van der Waals surface area contributed by atoms with Crippen molar-refractivity contribution in [2.45, 2.75) is 46.0 Å². The molecule has 8 heteroatoms. The van der Waals surface area contributed by atoms with Crippen LogP contribution in [0, 0.1) is 11.8 Å². The van der Waals surface area contributed by atoms with E-state index in [0.29, 0.717) is 22.0 Å². The number of carbonyl (C=O) groups excluding carboxylic acids is 1. The van der Waals surface area contributed by atoms with Crippen molar-refractivity contribution in [1.82, 2.24) is 15.1 Å². The molecule has 2 aliphatic rings. The maximum Gasteiger partial charge on any atom is 0.346 e. The van der Waals surface area contributed by atoms with Crippen molar-refractivity contribution in [2.24, 2.45) is 11.8 Å². The zero-order chi connectivity index (χ0) is 25.9. The van der Waals surface area contributed by atoms with E-state index in [1.54, 1.807) is 6.20 Å². The van der Waals surface area contributed by atoms with Gasteiger partial charge in [0.15, 0.2) is 0 Å². The maximum atomic E-state index is 12.4. The standard InChI is InChI=1S/C29H34N4O3S/c1-3-33-13-12-23(25(17-33)19-6-4-18(2)5-7-19)24-14-26(37-27(24)29(35)36)20-8-10-22(11-9-20)32-28(34)21-15-30-31-16-21/h8-11,14-16,18-19H,3-7,12-13,17H2,1-2H3,(H,30,31)(H,32,34)(H,35,36). The Morgan fingerprint density at radius 2 is 1.95 bits per heavy atom. The Hall–Kier alpha value is -3.23. The summed E-state index contributed by atoms with van der Waals surface area (Å²) in [6, 6.07) is 9.64. The van der Waals surface area contributed by atoms with Gasteiger partial charge in [0.25, 0.3) is 5.91 Å². The van der Waals surface area contributed by atoms with E-state index in [9.17, 15) is 14.7 Å². The summed E-state index contributed by atoms with van der Waals surface area (Å²) in [4.78, 5) is 28.5. The molecule has 3 aromatic rings. The smallest absolute Gasteiger partial charge is 0.346 e. The topological polar surface area (TPSA) is 98.3 Å². The molecule has 0 unspecified atom stereocenters. The van der Waals surface area contributed by atoms with Crippen LogP contribution in [0.5, 0.6) is 0 Å². The maximum absolute atomic E-state index is 12.4. The fourth-order valence-corrected chi connectivity index (χ4v) is 6.65. The van der Waals surface area contributed by atoms with Gasteiger partial charge in [-0.25, -0.2) is 4.79 Å². The van der Waals surface area contributed by atoms with Gasteiger partial charge in [-0.3, -0.25) is 14.8 Å². The molecule has 3 heterocycles. The highest BCUT2D eigenvalue weighted by molar-refractivity contribution is 7.17. The Morgan fingerprint density at radius 3 is 2.59 bits per heavy atom. The third-order valence-electron chi connectivity index (χ3n) is 7.85. The van der Waals surface area contributed by atoms with E-state index in [4.69, 9.17) is 0 Å². The summed E-state index contributed by atoms with van der Waals surface area (Å²) in [7, 11) is 0. The Morgan fingerprint density at radius 1 is 1.19 bits per heavy atom. The lowest BCUT2D eigenvalue weighted by atomic mass is 9.75. The first-order chi connectivity index (χ1) is 17.9. The zero-order valence-corrected chi connectivity index (χ0v) is 22.2. The van der Waals surface area contributed by atoms with Crippen molar-refractivity contribution in [1.29, 1.82) is 0 Å². The Bertz CT molecular complexity index is 1290. The van der Waals surface area contributed by atoms with Crippen molar-refractivity contribution >= 4 is 34.5 Å². The molecule has 1 fully saturated rings. The number of H-pyrrole nitrogens is 1. The summed E-state index contributed by atoms with van der Waals surface area (Å²) in [6.07, 6.45) is 8.81.